The number of hydrogen-bond acceptors (Lipinski definition) is 6. The van der Waals surface area contributed by atoms with Crippen LogP contribution >= 0.6 is 0 Å². The van der Waals surface area contributed by atoms with Crippen molar-refractivity contribution in [2.24, 2.45) is 0 Å². The largest absolute Gasteiger partial charge is 0.383 e. The highest BCUT2D eigenvalue weighted by Gasteiger charge is 2.01. The minimum atomic E-state index is 0.757. The average Bonchev–Trinajstić information content (AvgIpc) is 2.35. The zero-order chi connectivity index (χ0) is 13.4. The van der Waals surface area contributed by atoms with Gasteiger partial charge in [-0.15, -0.1) is 0 Å². The summed E-state index contributed by atoms with van der Waals surface area (Å²) in [6, 6.07) is 1.90. The molecule has 0 aliphatic rings. The predicted molar refractivity (Wildman–Crippen MR) is 74.2 cm³/mol. The summed E-state index contributed by atoms with van der Waals surface area (Å²) in [5.41, 5.74) is 0. The number of ether oxygens (including phenoxy) is 1. The van der Waals surface area contributed by atoms with Crippen LogP contribution in [0, 0.1) is 6.92 Å². The fourth-order valence-electron chi connectivity index (χ4n) is 1.52. The van der Waals surface area contributed by atoms with Crippen molar-refractivity contribution >= 4 is 11.6 Å². The standard InChI is InChI=1S/C12H23N5O/c1-10-15-11(13-2)9-12(16-10)14-5-6-17(3)7-8-18-4/h9H,5-8H2,1-4H3,(H2,13,14,15,16). The number of aryl methyl sites for hydroxylation is 1. The van der Waals surface area contributed by atoms with E-state index in [0.29, 0.717) is 0 Å². The molecule has 6 nitrogen and oxygen atoms in total. The van der Waals surface area contributed by atoms with Crippen LogP contribution in [0.25, 0.3) is 0 Å². The van der Waals surface area contributed by atoms with Gasteiger partial charge in [-0.2, -0.15) is 0 Å². The van der Waals surface area contributed by atoms with Crippen molar-refractivity contribution in [1.82, 2.24) is 14.9 Å². The fraction of sp³-hybridized carbons (Fsp3) is 0.667. The molecule has 18 heavy (non-hydrogen) atoms. The van der Waals surface area contributed by atoms with Crippen molar-refractivity contribution in [3.05, 3.63) is 11.9 Å². The highest BCUT2D eigenvalue weighted by Crippen LogP contribution is 2.09. The van der Waals surface area contributed by atoms with Crippen LogP contribution in [0.5, 0.6) is 0 Å². The molecule has 0 saturated heterocycles. The topological polar surface area (TPSA) is 62.3 Å². The third-order valence-corrected chi connectivity index (χ3v) is 2.57. The molecule has 0 bridgehead atoms. The van der Waals surface area contributed by atoms with Gasteiger partial charge in [0.15, 0.2) is 0 Å². The Morgan fingerprint density at radius 1 is 1.28 bits per heavy atom. The highest BCUT2D eigenvalue weighted by molar-refractivity contribution is 5.47. The molecule has 0 radical (unpaired) electrons. The van der Waals surface area contributed by atoms with E-state index in [1.807, 2.05) is 20.0 Å². The Labute approximate surface area is 109 Å². The van der Waals surface area contributed by atoms with Crippen molar-refractivity contribution in [2.75, 3.05) is 58.1 Å². The molecule has 2 N–H and O–H groups in total. The van der Waals surface area contributed by atoms with E-state index in [1.54, 1.807) is 7.11 Å². The number of nitrogens with one attached hydrogen (secondary N) is 2. The third-order valence-electron chi connectivity index (χ3n) is 2.57. The van der Waals surface area contributed by atoms with Gasteiger partial charge >= 0.3 is 0 Å². The summed E-state index contributed by atoms with van der Waals surface area (Å²) in [4.78, 5) is 10.8. The number of likely N-dealkylation sites (N-methyl/N-ethyl adjacent to an activating group) is 1. The summed E-state index contributed by atoms with van der Waals surface area (Å²) in [6.07, 6.45) is 0. The van der Waals surface area contributed by atoms with Gasteiger partial charge in [0.05, 0.1) is 6.61 Å². The molecule has 1 rings (SSSR count). The van der Waals surface area contributed by atoms with Crippen LogP contribution < -0.4 is 10.6 Å². The van der Waals surface area contributed by atoms with Gasteiger partial charge in [-0.05, 0) is 14.0 Å². The molecule has 0 amide bonds. The molecule has 0 aliphatic heterocycles. The lowest BCUT2D eigenvalue weighted by atomic mass is 10.4. The Morgan fingerprint density at radius 2 is 2.00 bits per heavy atom. The lowest BCUT2D eigenvalue weighted by Crippen LogP contribution is -2.28. The Bertz CT molecular complexity index is 358. The molecule has 0 aromatic carbocycles. The SMILES string of the molecule is CNc1cc(NCCN(C)CCOC)nc(C)n1. The summed E-state index contributed by atoms with van der Waals surface area (Å²) in [5, 5.41) is 6.31. The smallest absolute Gasteiger partial charge is 0.131 e. The zero-order valence-corrected chi connectivity index (χ0v) is 11.7. The highest BCUT2D eigenvalue weighted by atomic mass is 16.5. The number of aromatic nitrogens is 2. The molecule has 0 unspecified atom stereocenters. The second-order valence-electron chi connectivity index (χ2n) is 4.16. The predicted octanol–water partition coefficient (Wildman–Crippen LogP) is 0.817. The first-order chi connectivity index (χ1) is 8.65. The summed E-state index contributed by atoms with van der Waals surface area (Å²) >= 11 is 0. The molecule has 1 aromatic rings. The quantitative estimate of drug-likeness (QED) is 0.715. The number of anilines is 2. The van der Waals surface area contributed by atoms with E-state index in [4.69, 9.17) is 4.74 Å². The minimum absolute atomic E-state index is 0.757. The molecule has 0 atom stereocenters. The fourth-order valence-corrected chi connectivity index (χ4v) is 1.52. The van der Waals surface area contributed by atoms with Crippen molar-refractivity contribution in [3.8, 4) is 0 Å². The molecule has 102 valence electrons. The van der Waals surface area contributed by atoms with Crippen LogP contribution in [0.2, 0.25) is 0 Å². The summed E-state index contributed by atoms with van der Waals surface area (Å²) in [6.45, 7) is 5.37. The number of hydrogen-bond donors (Lipinski definition) is 2. The van der Waals surface area contributed by atoms with Gasteiger partial charge in [0.1, 0.15) is 17.5 Å². The van der Waals surface area contributed by atoms with Crippen LogP contribution in [0.3, 0.4) is 0 Å². The normalized spacial score (nSPS) is 10.7. The van der Waals surface area contributed by atoms with Crippen LogP contribution in [-0.2, 0) is 4.74 Å². The lowest BCUT2D eigenvalue weighted by molar-refractivity contribution is 0.163. The Morgan fingerprint density at radius 3 is 2.67 bits per heavy atom. The monoisotopic (exact) mass is 253 g/mol. The van der Waals surface area contributed by atoms with Gasteiger partial charge in [0.25, 0.3) is 0 Å². The molecule has 1 heterocycles. The first kappa shape index (κ1) is 14.7. The maximum absolute atomic E-state index is 5.03. The van der Waals surface area contributed by atoms with Crippen molar-refractivity contribution in [3.63, 3.8) is 0 Å². The van der Waals surface area contributed by atoms with Gasteiger partial charge in [-0.3, -0.25) is 0 Å². The van der Waals surface area contributed by atoms with Crippen LogP contribution in [0.4, 0.5) is 11.6 Å². The van der Waals surface area contributed by atoms with Crippen LogP contribution in [0.15, 0.2) is 6.07 Å². The molecule has 0 saturated carbocycles. The lowest BCUT2D eigenvalue weighted by Gasteiger charge is -2.16. The third kappa shape index (κ3) is 5.29. The Hall–Kier alpha value is -1.40. The van der Waals surface area contributed by atoms with Gasteiger partial charge in [-0.25, -0.2) is 9.97 Å². The van der Waals surface area contributed by atoms with Crippen molar-refractivity contribution in [1.29, 1.82) is 0 Å². The Kier molecular flexibility index (Phi) is 6.38. The van der Waals surface area contributed by atoms with E-state index in [0.717, 1.165) is 43.7 Å². The second-order valence-corrected chi connectivity index (χ2v) is 4.16. The summed E-state index contributed by atoms with van der Waals surface area (Å²) in [7, 11) is 5.64. The Balaban J connectivity index is 2.36. The molecule has 0 fully saturated rings. The van der Waals surface area contributed by atoms with Gasteiger partial charge < -0.3 is 20.3 Å². The van der Waals surface area contributed by atoms with Gasteiger partial charge in [0.2, 0.25) is 0 Å². The molecule has 0 spiro atoms. The van der Waals surface area contributed by atoms with E-state index < -0.39 is 0 Å². The van der Waals surface area contributed by atoms with E-state index in [1.165, 1.54) is 0 Å². The second kappa shape index (κ2) is 7.84. The van der Waals surface area contributed by atoms with E-state index >= 15 is 0 Å². The van der Waals surface area contributed by atoms with Gasteiger partial charge in [0, 0.05) is 39.9 Å². The van der Waals surface area contributed by atoms with E-state index in [2.05, 4.69) is 32.5 Å². The first-order valence-corrected chi connectivity index (χ1v) is 6.10. The van der Waals surface area contributed by atoms with Crippen LogP contribution in [-0.4, -0.2) is 62.3 Å². The molecule has 1 aromatic heterocycles. The summed E-state index contributed by atoms with van der Waals surface area (Å²) < 4.78 is 5.03. The summed E-state index contributed by atoms with van der Waals surface area (Å²) in [5.74, 6) is 2.45. The molecule has 6 heteroatoms. The maximum atomic E-state index is 5.03. The minimum Gasteiger partial charge on any atom is -0.383 e. The van der Waals surface area contributed by atoms with E-state index in [9.17, 15) is 0 Å². The molecular formula is C12H23N5O. The maximum Gasteiger partial charge on any atom is 0.131 e. The van der Waals surface area contributed by atoms with Gasteiger partial charge in [-0.1, -0.05) is 0 Å². The number of nitrogens with zero attached hydrogens (tertiary/aromatic N) is 3. The van der Waals surface area contributed by atoms with Crippen LogP contribution in [0.1, 0.15) is 5.82 Å². The van der Waals surface area contributed by atoms with Crippen molar-refractivity contribution in [2.45, 2.75) is 6.92 Å². The van der Waals surface area contributed by atoms with Crippen molar-refractivity contribution < 1.29 is 4.74 Å². The van der Waals surface area contributed by atoms with E-state index in [-0.39, 0.29) is 0 Å². The number of methoxy groups -OCH3 is 1. The first-order valence-electron chi connectivity index (χ1n) is 6.10. The molecule has 0 aliphatic carbocycles. The average molecular weight is 253 g/mol. The molecular weight excluding hydrogens is 230 g/mol. The number of rotatable bonds is 8. The zero-order valence-electron chi connectivity index (χ0n) is 11.7.